The number of methoxy groups -OCH3 is 1. The SMILES string of the molecule is COc1cccc(C2CC(=O)OC2=O)n1. The third kappa shape index (κ3) is 1.81. The molecular formula is C10H9NO4. The van der Waals surface area contributed by atoms with Crippen LogP contribution in [0.25, 0.3) is 0 Å². The van der Waals surface area contributed by atoms with E-state index in [9.17, 15) is 9.59 Å². The summed E-state index contributed by atoms with van der Waals surface area (Å²) in [6, 6.07) is 5.07. The Morgan fingerprint density at radius 3 is 2.87 bits per heavy atom. The summed E-state index contributed by atoms with van der Waals surface area (Å²) in [5.41, 5.74) is 0.505. The fraction of sp³-hybridized carbons (Fsp3) is 0.300. The average molecular weight is 207 g/mol. The first-order valence-electron chi connectivity index (χ1n) is 4.46. The number of cyclic esters (lactones) is 2. The minimum Gasteiger partial charge on any atom is -0.481 e. The summed E-state index contributed by atoms with van der Waals surface area (Å²) in [7, 11) is 1.49. The second-order valence-corrected chi connectivity index (χ2v) is 3.15. The van der Waals surface area contributed by atoms with Crippen molar-refractivity contribution >= 4 is 11.9 Å². The van der Waals surface area contributed by atoms with Gasteiger partial charge in [-0.1, -0.05) is 6.07 Å². The third-order valence-electron chi connectivity index (χ3n) is 2.18. The van der Waals surface area contributed by atoms with Crippen LogP contribution >= 0.6 is 0 Å². The van der Waals surface area contributed by atoms with Crippen molar-refractivity contribution in [1.29, 1.82) is 0 Å². The normalized spacial score (nSPS) is 20.2. The van der Waals surface area contributed by atoms with Crippen LogP contribution in [0.5, 0.6) is 5.88 Å². The van der Waals surface area contributed by atoms with Crippen molar-refractivity contribution < 1.29 is 19.1 Å². The van der Waals surface area contributed by atoms with Crippen molar-refractivity contribution in [3.63, 3.8) is 0 Å². The Bertz CT molecular complexity index is 416. The fourth-order valence-corrected chi connectivity index (χ4v) is 1.44. The molecule has 78 valence electrons. The van der Waals surface area contributed by atoms with Gasteiger partial charge in [0.25, 0.3) is 0 Å². The highest BCUT2D eigenvalue weighted by molar-refractivity contribution is 5.97. The van der Waals surface area contributed by atoms with Crippen LogP contribution in [0.4, 0.5) is 0 Å². The Morgan fingerprint density at radius 2 is 2.27 bits per heavy atom. The quantitative estimate of drug-likeness (QED) is 0.526. The van der Waals surface area contributed by atoms with Crippen LogP contribution in [-0.2, 0) is 14.3 Å². The Balaban J connectivity index is 2.29. The molecule has 2 rings (SSSR count). The maximum atomic E-state index is 11.3. The molecule has 1 aliphatic heterocycles. The molecule has 0 amide bonds. The molecule has 0 spiro atoms. The lowest BCUT2D eigenvalue weighted by atomic mass is 10.0. The number of rotatable bonds is 2. The van der Waals surface area contributed by atoms with Crippen LogP contribution in [0, 0.1) is 0 Å². The molecule has 1 aromatic rings. The molecule has 0 saturated carbocycles. The predicted octanol–water partition coefficient (Wildman–Crippen LogP) is 0.647. The van der Waals surface area contributed by atoms with E-state index in [1.165, 1.54) is 7.11 Å². The zero-order chi connectivity index (χ0) is 10.8. The highest BCUT2D eigenvalue weighted by Gasteiger charge is 2.35. The second kappa shape index (κ2) is 3.68. The number of ether oxygens (including phenoxy) is 2. The maximum absolute atomic E-state index is 11.3. The van der Waals surface area contributed by atoms with Crippen molar-refractivity contribution in [3.8, 4) is 5.88 Å². The number of hydrogen-bond donors (Lipinski definition) is 0. The number of aromatic nitrogens is 1. The first-order valence-corrected chi connectivity index (χ1v) is 4.46. The molecule has 1 atom stereocenters. The van der Waals surface area contributed by atoms with Crippen molar-refractivity contribution in [3.05, 3.63) is 23.9 Å². The van der Waals surface area contributed by atoms with Gasteiger partial charge < -0.3 is 9.47 Å². The van der Waals surface area contributed by atoms with Gasteiger partial charge in [0.2, 0.25) is 5.88 Å². The molecule has 1 fully saturated rings. The highest BCUT2D eigenvalue weighted by Crippen LogP contribution is 2.26. The minimum absolute atomic E-state index is 0.0546. The standard InChI is InChI=1S/C10H9NO4/c1-14-8-4-2-3-7(11-8)6-5-9(12)15-10(6)13/h2-4,6H,5H2,1H3. The smallest absolute Gasteiger partial charge is 0.323 e. The van der Waals surface area contributed by atoms with Gasteiger partial charge in [-0.25, -0.2) is 4.98 Å². The number of hydrogen-bond acceptors (Lipinski definition) is 5. The van der Waals surface area contributed by atoms with Crippen LogP contribution in [0.3, 0.4) is 0 Å². The van der Waals surface area contributed by atoms with Crippen LogP contribution < -0.4 is 4.74 Å². The zero-order valence-corrected chi connectivity index (χ0v) is 8.10. The van der Waals surface area contributed by atoms with Crippen LogP contribution in [0.2, 0.25) is 0 Å². The van der Waals surface area contributed by atoms with Gasteiger partial charge in [-0.15, -0.1) is 0 Å². The molecule has 0 N–H and O–H groups in total. The topological polar surface area (TPSA) is 65.5 Å². The molecule has 0 radical (unpaired) electrons. The molecule has 1 aromatic heterocycles. The lowest BCUT2D eigenvalue weighted by molar-refractivity contribution is -0.152. The number of carbonyl (C=O) groups excluding carboxylic acids is 2. The van der Waals surface area contributed by atoms with Gasteiger partial charge >= 0.3 is 11.9 Å². The van der Waals surface area contributed by atoms with Crippen LogP contribution in [0.15, 0.2) is 18.2 Å². The van der Waals surface area contributed by atoms with Gasteiger partial charge in [-0.3, -0.25) is 9.59 Å². The van der Waals surface area contributed by atoms with Gasteiger partial charge in [0.15, 0.2) is 0 Å². The molecule has 1 saturated heterocycles. The van der Waals surface area contributed by atoms with E-state index in [1.807, 2.05) is 0 Å². The molecule has 0 bridgehead atoms. The van der Waals surface area contributed by atoms with Gasteiger partial charge in [-0.05, 0) is 6.07 Å². The maximum Gasteiger partial charge on any atom is 0.323 e. The Hall–Kier alpha value is -1.91. The summed E-state index contributed by atoms with van der Waals surface area (Å²) in [5.74, 6) is -1.22. The molecule has 5 heteroatoms. The summed E-state index contributed by atoms with van der Waals surface area (Å²) in [4.78, 5) is 26.2. The number of esters is 2. The van der Waals surface area contributed by atoms with E-state index in [-0.39, 0.29) is 6.42 Å². The molecule has 1 aliphatic rings. The second-order valence-electron chi connectivity index (χ2n) is 3.15. The summed E-state index contributed by atoms with van der Waals surface area (Å²) < 4.78 is 9.37. The van der Waals surface area contributed by atoms with E-state index in [4.69, 9.17) is 4.74 Å². The Kier molecular flexibility index (Phi) is 2.37. The Labute approximate surface area is 86.0 Å². The van der Waals surface area contributed by atoms with E-state index in [2.05, 4.69) is 9.72 Å². The first kappa shape index (κ1) is 9.64. The number of nitrogens with zero attached hydrogens (tertiary/aromatic N) is 1. The summed E-state index contributed by atoms with van der Waals surface area (Å²) in [6.07, 6.45) is 0.0546. The first-order chi connectivity index (χ1) is 7.20. The van der Waals surface area contributed by atoms with E-state index >= 15 is 0 Å². The summed E-state index contributed by atoms with van der Waals surface area (Å²) >= 11 is 0. The van der Waals surface area contributed by atoms with Gasteiger partial charge in [0.1, 0.15) is 5.92 Å². The van der Waals surface area contributed by atoms with Crippen LogP contribution in [-0.4, -0.2) is 24.0 Å². The van der Waals surface area contributed by atoms with Crippen molar-refractivity contribution in [2.45, 2.75) is 12.3 Å². The van der Waals surface area contributed by atoms with Crippen molar-refractivity contribution in [2.75, 3.05) is 7.11 Å². The zero-order valence-electron chi connectivity index (χ0n) is 8.10. The van der Waals surface area contributed by atoms with E-state index in [0.29, 0.717) is 11.6 Å². The number of pyridine rings is 1. The van der Waals surface area contributed by atoms with E-state index in [0.717, 1.165) is 0 Å². The summed E-state index contributed by atoms with van der Waals surface area (Å²) in [5, 5.41) is 0. The molecule has 0 aliphatic carbocycles. The van der Waals surface area contributed by atoms with Gasteiger partial charge in [0.05, 0.1) is 19.2 Å². The molecular weight excluding hydrogens is 198 g/mol. The van der Waals surface area contributed by atoms with Crippen LogP contribution in [0.1, 0.15) is 18.0 Å². The lowest BCUT2D eigenvalue weighted by Crippen LogP contribution is -2.07. The fourth-order valence-electron chi connectivity index (χ4n) is 1.44. The molecule has 2 heterocycles. The highest BCUT2D eigenvalue weighted by atomic mass is 16.6. The molecule has 15 heavy (non-hydrogen) atoms. The van der Waals surface area contributed by atoms with E-state index < -0.39 is 17.9 Å². The van der Waals surface area contributed by atoms with E-state index in [1.54, 1.807) is 18.2 Å². The third-order valence-corrected chi connectivity index (χ3v) is 2.18. The minimum atomic E-state index is -0.590. The molecule has 0 aromatic carbocycles. The van der Waals surface area contributed by atoms with Gasteiger partial charge in [-0.2, -0.15) is 0 Å². The van der Waals surface area contributed by atoms with Crippen molar-refractivity contribution in [1.82, 2.24) is 4.98 Å². The molecule has 5 nitrogen and oxygen atoms in total. The Morgan fingerprint density at radius 1 is 1.47 bits per heavy atom. The molecule has 1 unspecified atom stereocenters. The van der Waals surface area contributed by atoms with Crippen molar-refractivity contribution in [2.24, 2.45) is 0 Å². The number of carbonyl (C=O) groups is 2. The lowest BCUT2D eigenvalue weighted by Gasteiger charge is -2.05. The largest absolute Gasteiger partial charge is 0.481 e. The monoisotopic (exact) mass is 207 g/mol. The average Bonchev–Trinajstić information content (AvgIpc) is 2.58. The predicted molar refractivity (Wildman–Crippen MR) is 49.2 cm³/mol. The van der Waals surface area contributed by atoms with Gasteiger partial charge in [0, 0.05) is 6.07 Å². The summed E-state index contributed by atoms with van der Waals surface area (Å²) in [6.45, 7) is 0.